The molecule has 6 rings (SSSR count). The lowest BCUT2D eigenvalue weighted by molar-refractivity contribution is -0.105. The number of phenolic OH excluding ortho intramolecular Hbond substituents is 1. The summed E-state index contributed by atoms with van der Waals surface area (Å²) < 4.78 is 1.04. The molecular formula is C28H27BrN2O2. The molecular weight excluding hydrogens is 476 g/mol. The Labute approximate surface area is 202 Å². The van der Waals surface area contributed by atoms with E-state index in [0.717, 1.165) is 41.5 Å². The van der Waals surface area contributed by atoms with Crippen molar-refractivity contribution in [1.29, 1.82) is 0 Å². The van der Waals surface area contributed by atoms with Crippen LogP contribution in [0.15, 0.2) is 77.3 Å². The largest absolute Gasteiger partial charge is 0.508 e. The number of aliphatic hydroxyl groups is 1. The molecule has 168 valence electrons. The molecule has 0 amide bonds. The van der Waals surface area contributed by atoms with Crippen LogP contribution in [0.2, 0.25) is 0 Å². The third kappa shape index (κ3) is 3.33. The molecule has 1 aliphatic carbocycles. The Hall–Kier alpha value is -2.60. The molecule has 4 nitrogen and oxygen atoms in total. The molecule has 2 aliphatic rings. The van der Waals surface area contributed by atoms with Gasteiger partial charge in [-0.3, -0.25) is 4.90 Å². The number of piperidine rings is 1. The van der Waals surface area contributed by atoms with E-state index in [1.54, 1.807) is 6.07 Å². The van der Waals surface area contributed by atoms with Gasteiger partial charge in [-0.1, -0.05) is 54.6 Å². The Morgan fingerprint density at radius 1 is 0.970 bits per heavy atom. The number of benzene rings is 3. The number of aromatic amines is 1. The quantitative estimate of drug-likeness (QED) is 0.355. The number of H-pyrrole nitrogens is 1. The van der Waals surface area contributed by atoms with Gasteiger partial charge >= 0.3 is 0 Å². The van der Waals surface area contributed by atoms with Gasteiger partial charge in [0.15, 0.2) is 0 Å². The lowest BCUT2D eigenvalue weighted by atomic mass is 9.56. The highest BCUT2D eigenvalue weighted by Crippen LogP contribution is 2.52. The number of rotatable bonds is 3. The summed E-state index contributed by atoms with van der Waals surface area (Å²) in [6.45, 7) is 2.31. The van der Waals surface area contributed by atoms with Crippen molar-refractivity contribution in [2.45, 2.75) is 36.8 Å². The smallest absolute Gasteiger partial charge is 0.115 e. The third-order valence-electron chi connectivity index (χ3n) is 7.81. The molecule has 0 spiro atoms. The molecule has 3 aromatic carbocycles. The Kier molecular flexibility index (Phi) is 4.91. The molecule has 2 unspecified atom stereocenters. The van der Waals surface area contributed by atoms with Crippen LogP contribution in [0.5, 0.6) is 5.75 Å². The van der Waals surface area contributed by atoms with E-state index in [0.29, 0.717) is 13.0 Å². The molecule has 1 saturated heterocycles. The molecule has 0 radical (unpaired) electrons. The number of nitrogens with one attached hydrogen (secondary N) is 1. The van der Waals surface area contributed by atoms with Crippen LogP contribution in [0.4, 0.5) is 0 Å². The first kappa shape index (κ1) is 21.0. The lowest BCUT2D eigenvalue weighted by Crippen LogP contribution is -2.66. The minimum Gasteiger partial charge on any atom is -0.508 e. The molecule has 0 saturated carbocycles. The standard InChI is InChI=1S/C28H27BrN2O2/c29-24-11-5-10-22-23-15-28(33)18-31(17-19-6-2-1-3-7-19)13-12-27(28,16-25(23)30-26(22)24)20-8-4-9-21(32)14-20/h1-11,14,30,32-33H,12-13,15-18H2. The highest BCUT2D eigenvalue weighted by atomic mass is 79.9. The van der Waals surface area contributed by atoms with Crippen LogP contribution in [0, 0.1) is 0 Å². The number of aromatic nitrogens is 1. The summed E-state index contributed by atoms with van der Waals surface area (Å²) >= 11 is 3.69. The van der Waals surface area contributed by atoms with Crippen molar-refractivity contribution >= 4 is 26.8 Å². The van der Waals surface area contributed by atoms with Crippen LogP contribution >= 0.6 is 15.9 Å². The van der Waals surface area contributed by atoms with Gasteiger partial charge in [-0.2, -0.15) is 0 Å². The summed E-state index contributed by atoms with van der Waals surface area (Å²) in [6.07, 6.45) is 2.14. The fourth-order valence-electron chi connectivity index (χ4n) is 6.19. The van der Waals surface area contributed by atoms with Gasteiger partial charge in [0.25, 0.3) is 0 Å². The lowest BCUT2D eigenvalue weighted by Gasteiger charge is -2.56. The monoisotopic (exact) mass is 502 g/mol. The van der Waals surface area contributed by atoms with Crippen molar-refractivity contribution in [2.75, 3.05) is 13.1 Å². The topological polar surface area (TPSA) is 59.5 Å². The van der Waals surface area contributed by atoms with Gasteiger partial charge in [0.05, 0.1) is 11.1 Å². The fraction of sp³-hybridized carbons (Fsp3) is 0.286. The summed E-state index contributed by atoms with van der Waals surface area (Å²) in [4.78, 5) is 6.04. The van der Waals surface area contributed by atoms with E-state index >= 15 is 0 Å². The number of fused-ring (bicyclic) bond motifs is 4. The van der Waals surface area contributed by atoms with Gasteiger partial charge in [0.1, 0.15) is 5.75 Å². The summed E-state index contributed by atoms with van der Waals surface area (Å²) in [6, 6.07) is 24.3. The van der Waals surface area contributed by atoms with Crippen molar-refractivity contribution < 1.29 is 10.2 Å². The predicted molar refractivity (Wildman–Crippen MR) is 134 cm³/mol. The predicted octanol–water partition coefficient (Wildman–Crippen LogP) is 5.31. The van der Waals surface area contributed by atoms with Gasteiger partial charge < -0.3 is 15.2 Å². The first-order chi connectivity index (χ1) is 16.0. The number of hydrogen-bond acceptors (Lipinski definition) is 3. The minimum absolute atomic E-state index is 0.251. The van der Waals surface area contributed by atoms with Crippen LogP contribution in [-0.4, -0.2) is 38.8 Å². The SMILES string of the molecule is Oc1cccc(C23CCN(Cc4ccccc4)CC2(O)Cc2c([nH]c4c(Br)cccc24)C3)c1. The second-order valence-corrected chi connectivity index (χ2v) is 10.6. The van der Waals surface area contributed by atoms with Crippen LogP contribution in [0.1, 0.15) is 28.8 Å². The summed E-state index contributed by atoms with van der Waals surface area (Å²) in [7, 11) is 0. The zero-order chi connectivity index (χ0) is 22.6. The van der Waals surface area contributed by atoms with E-state index in [-0.39, 0.29) is 5.75 Å². The highest BCUT2D eigenvalue weighted by molar-refractivity contribution is 9.10. The highest BCUT2D eigenvalue weighted by Gasteiger charge is 2.57. The molecule has 1 aromatic heterocycles. The van der Waals surface area contributed by atoms with Gasteiger partial charge in [-0.25, -0.2) is 0 Å². The van der Waals surface area contributed by atoms with Crippen molar-refractivity contribution in [3.05, 3.63) is 99.7 Å². The Bertz CT molecular complexity index is 1330. The normalized spacial score (nSPS) is 25.0. The van der Waals surface area contributed by atoms with Crippen molar-refractivity contribution in [3.63, 3.8) is 0 Å². The summed E-state index contributed by atoms with van der Waals surface area (Å²) in [5.74, 6) is 0.251. The average molecular weight is 503 g/mol. The first-order valence-corrected chi connectivity index (χ1v) is 12.3. The van der Waals surface area contributed by atoms with E-state index in [2.05, 4.69) is 74.3 Å². The number of para-hydroxylation sites is 1. The van der Waals surface area contributed by atoms with Gasteiger partial charge in [-0.15, -0.1) is 0 Å². The number of hydrogen-bond donors (Lipinski definition) is 3. The van der Waals surface area contributed by atoms with E-state index in [9.17, 15) is 10.2 Å². The third-order valence-corrected chi connectivity index (χ3v) is 8.47. The van der Waals surface area contributed by atoms with Crippen LogP contribution in [0.25, 0.3) is 10.9 Å². The Morgan fingerprint density at radius 3 is 2.61 bits per heavy atom. The molecule has 2 heterocycles. The Morgan fingerprint density at radius 2 is 1.79 bits per heavy atom. The molecule has 1 fully saturated rings. The Balaban J connectivity index is 1.47. The van der Waals surface area contributed by atoms with E-state index in [1.165, 1.54) is 22.2 Å². The first-order valence-electron chi connectivity index (χ1n) is 11.5. The second-order valence-electron chi connectivity index (χ2n) is 9.71. The van der Waals surface area contributed by atoms with Crippen LogP contribution < -0.4 is 0 Å². The van der Waals surface area contributed by atoms with Crippen LogP contribution in [0.3, 0.4) is 0 Å². The number of likely N-dealkylation sites (tertiary alicyclic amines) is 1. The maximum atomic E-state index is 12.5. The van der Waals surface area contributed by atoms with Gasteiger partial charge in [-0.05, 0) is 63.8 Å². The van der Waals surface area contributed by atoms with E-state index < -0.39 is 11.0 Å². The van der Waals surface area contributed by atoms with E-state index in [1.807, 2.05) is 18.2 Å². The molecule has 4 aromatic rings. The number of aromatic hydroxyl groups is 1. The molecule has 33 heavy (non-hydrogen) atoms. The average Bonchev–Trinajstić information content (AvgIpc) is 3.16. The van der Waals surface area contributed by atoms with Crippen molar-refractivity contribution in [1.82, 2.24) is 9.88 Å². The molecule has 5 heteroatoms. The van der Waals surface area contributed by atoms with Gasteiger partial charge in [0, 0.05) is 46.9 Å². The number of halogens is 1. The zero-order valence-electron chi connectivity index (χ0n) is 18.4. The minimum atomic E-state index is -0.946. The molecule has 0 bridgehead atoms. The maximum absolute atomic E-state index is 12.5. The van der Waals surface area contributed by atoms with Crippen molar-refractivity contribution in [2.24, 2.45) is 0 Å². The van der Waals surface area contributed by atoms with Crippen molar-refractivity contribution in [3.8, 4) is 5.75 Å². The zero-order valence-corrected chi connectivity index (χ0v) is 20.0. The van der Waals surface area contributed by atoms with Gasteiger partial charge in [0.2, 0.25) is 0 Å². The second kappa shape index (κ2) is 7.73. The number of nitrogens with zero attached hydrogens (tertiary/aromatic N) is 1. The maximum Gasteiger partial charge on any atom is 0.115 e. The molecule has 2 atom stereocenters. The number of phenols is 1. The molecule has 1 aliphatic heterocycles. The summed E-state index contributed by atoms with van der Waals surface area (Å²) in [5, 5.41) is 24.0. The summed E-state index contributed by atoms with van der Waals surface area (Å²) in [5.41, 5.74) is 4.38. The van der Waals surface area contributed by atoms with Crippen LogP contribution in [-0.2, 0) is 24.8 Å². The fourth-order valence-corrected chi connectivity index (χ4v) is 6.66. The van der Waals surface area contributed by atoms with E-state index in [4.69, 9.17) is 0 Å². The molecule has 3 N–H and O–H groups in total. The number of β-amino-alcohol motifs (C(OH)–C–C–N with tert-alkyl or cyclic N) is 1.